The molecule has 1 N–H and O–H groups in total. The number of carbonyl (C=O) groups excluding carboxylic acids is 2. The number of fused-ring (bicyclic) bond motifs is 1. The first-order valence-electron chi connectivity index (χ1n) is 15.8. The van der Waals surface area contributed by atoms with E-state index in [0.29, 0.717) is 17.8 Å². The number of esters is 1. The van der Waals surface area contributed by atoms with Crippen LogP contribution in [0.1, 0.15) is 46.3 Å². The Balaban J connectivity index is 1.55. The van der Waals surface area contributed by atoms with Gasteiger partial charge in [-0.15, -0.1) is 0 Å². The fourth-order valence-corrected chi connectivity index (χ4v) is 6.64. The van der Waals surface area contributed by atoms with Crippen molar-refractivity contribution in [2.45, 2.75) is 44.7 Å². The highest BCUT2D eigenvalue weighted by Gasteiger charge is 2.60. The van der Waals surface area contributed by atoms with Crippen LogP contribution in [-0.4, -0.2) is 24.5 Å². The Kier molecular flexibility index (Phi) is 9.97. The lowest BCUT2D eigenvalue weighted by atomic mass is 9.85. The first-order chi connectivity index (χ1) is 22.9. The van der Waals surface area contributed by atoms with E-state index in [4.69, 9.17) is 9.47 Å². The first-order valence-corrected chi connectivity index (χ1v) is 16.6. The molecule has 0 saturated heterocycles. The fourth-order valence-electron chi connectivity index (χ4n) is 6.27. The molecule has 0 spiro atoms. The van der Waals surface area contributed by atoms with Crippen LogP contribution in [0.4, 0.5) is 5.69 Å². The third-order valence-corrected chi connectivity index (χ3v) is 9.13. The summed E-state index contributed by atoms with van der Waals surface area (Å²) < 4.78 is 13.5. The predicted molar refractivity (Wildman–Crippen MR) is 188 cm³/mol. The van der Waals surface area contributed by atoms with E-state index < -0.39 is 23.7 Å². The number of aryl methyl sites for hydroxylation is 1. The van der Waals surface area contributed by atoms with Crippen LogP contribution in [0.5, 0.6) is 0 Å². The van der Waals surface area contributed by atoms with E-state index in [1.165, 1.54) is 0 Å². The Hall–Kier alpha value is -4.56. The highest BCUT2D eigenvalue weighted by Crippen LogP contribution is 2.48. The van der Waals surface area contributed by atoms with E-state index in [0.717, 1.165) is 32.3 Å². The van der Waals surface area contributed by atoms with Crippen molar-refractivity contribution in [3.63, 3.8) is 0 Å². The number of rotatable bonds is 12. The van der Waals surface area contributed by atoms with Gasteiger partial charge < -0.3 is 14.4 Å². The van der Waals surface area contributed by atoms with Crippen molar-refractivity contribution in [2.24, 2.45) is 0 Å². The van der Waals surface area contributed by atoms with Gasteiger partial charge in [0.2, 0.25) is 5.60 Å². The average molecular weight is 690 g/mol. The summed E-state index contributed by atoms with van der Waals surface area (Å²) in [6.07, 6.45) is 0. The lowest BCUT2D eigenvalue weighted by Crippen LogP contribution is -2.60. The number of nitrogens with zero attached hydrogens (tertiary/aromatic N) is 1. The second kappa shape index (κ2) is 14.5. The van der Waals surface area contributed by atoms with Crippen molar-refractivity contribution in [1.82, 2.24) is 5.32 Å². The Labute approximate surface area is 284 Å². The molecule has 0 aromatic heterocycles. The Morgan fingerprint density at radius 2 is 1.43 bits per heavy atom. The first kappa shape index (κ1) is 32.4. The van der Waals surface area contributed by atoms with Crippen LogP contribution in [0.3, 0.4) is 0 Å². The molecule has 0 radical (unpaired) electrons. The highest BCUT2D eigenvalue weighted by molar-refractivity contribution is 9.10. The van der Waals surface area contributed by atoms with Gasteiger partial charge in [0.15, 0.2) is 0 Å². The Bertz CT molecular complexity index is 1790. The van der Waals surface area contributed by atoms with Crippen LogP contribution in [-0.2, 0) is 37.8 Å². The molecule has 6 nitrogen and oxygen atoms in total. The van der Waals surface area contributed by atoms with E-state index in [1.807, 2.05) is 140 Å². The fraction of sp³-hybridized carbons (Fsp3) is 0.200. The van der Waals surface area contributed by atoms with Gasteiger partial charge in [-0.2, -0.15) is 0 Å². The van der Waals surface area contributed by atoms with Gasteiger partial charge in [-0.1, -0.05) is 131 Å². The van der Waals surface area contributed by atoms with E-state index in [1.54, 1.807) is 11.8 Å². The van der Waals surface area contributed by atoms with Crippen LogP contribution in [0.15, 0.2) is 138 Å². The van der Waals surface area contributed by atoms with Crippen LogP contribution in [0.2, 0.25) is 0 Å². The molecular weight excluding hydrogens is 652 g/mol. The van der Waals surface area contributed by atoms with Crippen molar-refractivity contribution in [3.8, 4) is 0 Å². The molecule has 1 heterocycles. The number of anilines is 1. The standard InChI is InChI=1S/C40H37BrN2O4/c1-3-46-38(44)37(42-36(30-18-9-5-10-19-30)31-20-11-6-12-21-31)40(47-27-32-22-14-13-15-28(32)2)34-25-33(41)23-24-35(34)43(39(40)45)26-29-16-7-4-8-17-29/h4-25,36-37,42H,3,26-27H2,1-2H3/t37-,40-/m0/s1. The lowest BCUT2D eigenvalue weighted by Gasteiger charge is -2.38. The molecule has 5 aromatic carbocycles. The Morgan fingerprint density at radius 3 is 2.04 bits per heavy atom. The summed E-state index contributed by atoms with van der Waals surface area (Å²) in [7, 11) is 0. The van der Waals surface area contributed by atoms with Gasteiger partial charge in [0, 0.05) is 10.0 Å². The maximum Gasteiger partial charge on any atom is 0.327 e. The van der Waals surface area contributed by atoms with Gasteiger partial charge in [0.25, 0.3) is 5.91 Å². The van der Waals surface area contributed by atoms with Gasteiger partial charge in [0.05, 0.1) is 31.5 Å². The molecule has 2 atom stereocenters. The smallest absolute Gasteiger partial charge is 0.327 e. The second-order valence-corrected chi connectivity index (χ2v) is 12.5. The second-order valence-electron chi connectivity index (χ2n) is 11.6. The SMILES string of the molecule is CCOC(=O)[C@H](NC(c1ccccc1)c1ccccc1)[C@]1(OCc2ccccc2C)C(=O)N(Cc2ccccc2)c2ccc(Br)cc21. The molecule has 0 unspecified atom stereocenters. The van der Waals surface area contributed by atoms with Gasteiger partial charge in [0.1, 0.15) is 6.04 Å². The molecule has 0 saturated carbocycles. The number of carbonyl (C=O) groups is 2. The lowest BCUT2D eigenvalue weighted by molar-refractivity contribution is -0.169. The molecule has 1 aliphatic rings. The summed E-state index contributed by atoms with van der Waals surface area (Å²) in [6, 6.07) is 41.6. The van der Waals surface area contributed by atoms with Crippen molar-refractivity contribution in [1.29, 1.82) is 0 Å². The molecule has 6 rings (SSSR count). The van der Waals surface area contributed by atoms with Crippen LogP contribution in [0.25, 0.3) is 0 Å². The number of amides is 1. The number of benzene rings is 5. The van der Waals surface area contributed by atoms with E-state index >= 15 is 4.79 Å². The molecule has 238 valence electrons. The molecule has 7 heteroatoms. The van der Waals surface area contributed by atoms with Gasteiger partial charge in [-0.3, -0.25) is 14.9 Å². The number of halogens is 1. The number of nitrogens with one attached hydrogen (secondary N) is 1. The molecule has 0 fully saturated rings. The molecular formula is C40H37BrN2O4. The monoisotopic (exact) mass is 688 g/mol. The summed E-state index contributed by atoms with van der Waals surface area (Å²) in [5, 5.41) is 3.62. The summed E-state index contributed by atoms with van der Waals surface area (Å²) in [4.78, 5) is 31.3. The molecule has 1 aliphatic heterocycles. The third kappa shape index (κ3) is 6.65. The van der Waals surface area contributed by atoms with Gasteiger partial charge in [-0.25, -0.2) is 0 Å². The molecule has 0 aliphatic carbocycles. The van der Waals surface area contributed by atoms with Gasteiger partial charge >= 0.3 is 5.97 Å². The number of ether oxygens (including phenoxy) is 2. The van der Waals surface area contributed by atoms with Gasteiger partial charge in [-0.05, 0) is 59.9 Å². The average Bonchev–Trinajstić information content (AvgIpc) is 3.32. The largest absolute Gasteiger partial charge is 0.465 e. The zero-order chi connectivity index (χ0) is 32.8. The van der Waals surface area contributed by atoms with Crippen molar-refractivity contribution in [2.75, 3.05) is 11.5 Å². The zero-order valence-electron chi connectivity index (χ0n) is 26.4. The normalized spacial score (nSPS) is 16.3. The number of hydrogen-bond acceptors (Lipinski definition) is 5. The van der Waals surface area contributed by atoms with E-state index in [2.05, 4.69) is 21.2 Å². The molecule has 47 heavy (non-hydrogen) atoms. The predicted octanol–water partition coefficient (Wildman–Crippen LogP) is 8.03. The maximum absolute atomic E-state index is 15.2. The maximum atomic E-state index is 15.2. The minimum absolute atomic E-state index is 0.0997. The van der Waals surface area contributed by atoms with Crippen molar-refractivity contribution < 1.29 is 19.1 Å². The minimum Gasteiger partial charge on any atom is -0.465 e. The van der Waals surface area contributed by atoms with E-state index in [9.17, 15) is 4.79 Å². The molecule has 1 amide bonds. The summed E-state index contributed by atoms with van der Waals surface area (Å²) in [5.74, 6) is -0.913. The third-order valence-electron chi connectivity index (χ3n) is 8.64. The quantitative estimate of drug-likeness (QED) is 0.135. The minimum atomic E-state index is -1.77. The van der Waals surface area contributed by atoms with Crippen LogP contribution >= 0.6 is 15.9 Å². The highest BCUT2D eigenvalue weighted by atomic mass is 79.9. The van der Waals surface area contributed by atoms with Crippen LogP contribution < -0.4 is 10.2 Å². The van der Waals surface area contributed by atoms with Crippen LogP contribution in [0, 0.1) is 6.92 Å². The zero-order valence-corrected chi connectivity index (χ0v) is 28.0. The van der Waals surface area contributed by atoms with Crippen molar-refractivity contribution in [3.05, 3.63) is 171 Å². The van der Waals surface area contributed by atoms with E-state index in [-0.39, 0.29) is 19.1 Å². The summed E-state index contributed by atoms with van der Waals surface area (Å²) in [6.45, 7) is 4.32. The van der Waals surface area contributed by atoms with Crippen molar-refractivity contribution >= 4 is 33.5 Å². The molecule has 5 aromatic rings. The summed E-state index contributed by atoms with van der Waals surface area (Å²) >= 11 is 3.65. The number of hydrogen-bond donors (Lipinski definition) is 1. The summed E-state index contributed by atoms with van der Waals surface area (Å²) in [5.41, 5.74) is 4.26. The topological polar surface area (TPSA) is 67.9 Å². The Morgan fingerprint density at radius 1 is 0.830 bits per heavy atom. The molecule has 0 bridgehead atoms.